The van der Waals surface area contributed by atoms with Crippen molar-refractivity contribution < 1.29 is 8.42 Å². The Morgan fingerprint density at radius 3 is 2.70 bits per heavy atom. The van der Waals surface area contributed by atoms with Gasteiger partial charge in [0.15, 0.2) is 0 Å². The number of nitrogens with zero attached hydrogens (tertiary/aromatic N) is 2. The Bertz CT molecular complexity index is 668. The van der Waals surface area contributed by atoms with E-state index in [4.69, 9.17) is 5.26 Å². The highest BCUT2D eigenvalue weighted by atomic mass is 79.9. The van der Waals surface area contributed by atoms with Gasteiger partial charge >= 0.3 is 0 Å². The smallest absolute Gasteiger partial charge is 0.207 e. The molecule has 0 amide bonds. The number of rotatable bonds is 2. The number of hydrogen-bond acceptors (Lipinski definition) is 3. The summed E-state index contributed by atoms with van der Waals surface area (Å²) in [6.45, 7) is 2.65. The van der Waals surface area contributed by atoms with Crippen molar-refractivity contribution in [2.75, 3.05) is 13.1 Å². The van der Waals surface area contributed by atoms with Gasteiger partial charge in [-0.1, -0.05) is 15.9 Å². The van der Waals surface area contributed by atoms with E-state index in [2.05, 4.69) is 37.9 Å². The molecule has 1 aliphatic rings. The molecular formula is C13H14Br2N2O2S. The maximum Gasteiger partial charge on any atom is 0.244 e. The second kappa shape index (κ2) is 6.14. The van der Waals surface area contributed by atoms with Crippen LogP contribution in [0.4, 0.5) is 0 Å². The van der Waals surface area contributed by atoms with Crippen LogP contribution in [0.2, 0.25) is 0 Å². The number of hydrogen-bond donors (Lipinski definition) is 0. The molecule has 0 aromatic heterocycles. The van der Waals surface area contributed by atoms with Crippen molar-refractivity contribution in [2.45, 2.75) is 24.7 Å². The van der Waals surface area contributed by atoms with E-state index in [1.165, 1.54) is 4.31 Å². The fraction of sp³-hybridized carbons (Fsp3) is 0.462. The predicted molar refractivity (Wildman–Crippen MR) is 83.7 cm³/mol. The summed E-state index contributed by atoms with van der Waals surface area (Å²) in [5.74, 6) is -0.216. The topological polar surface area (TPSA) is 61.2 Å². The summed E-state index contributed by atoms with van der Waals surface area (Å²) in [6, 6.07) is 5.56. The van der Waals surface area contributed by atoms with Crippen LogP contribution in [0.5, 0.6) is 0 Å². The minimum atomic E-state index is -3.57. The average molecular weight is 422 g/mol. The lowest BCUT2D eigenvalue weighted by Crippen LogP contribution is -2.39. The Labute approximate surface area is 136 Å². The van der Waals surface area contributed by atoms with E-state index in [0.717, 1.165) is 22.9 Å². The molecule has 7 heteroatoms. The van der Waals surface area contributed by atoms with Gasteiger partial charge in [-0.2, -0.15) is 9.57 Å². The summed E-state index contributed by atoms with van der Waals surface area (Å²) in [4.78, 5) is 0.244. The molecular weight excluding hydrogens is 408 g/mol. The molecule has 20 heavy (non-hydrogen) atoms. The molecule has 1 fully saturated rings. The summed E-state index contributed by atoms with van der Waals surface area (Å²) in [6.07, 6.45) is 1.49. The molecule has 1 aromatic rings. The highest BCUT2D eigenvalue weighted by Gasteiger charge is 2.31. The SMILES string of the molecule is Cc1cc(Br)c(S(=O)(=O)N2CCCC(C#N)C2)cc1Br. The standard InChI is InChI=1S/C13H14Br2N2O2S/c1-9-5-12(15)13(6-11(9)14)20(18,19)17-4-2-3-10(7-16)8-17/h5-6,10H,2-4,8H2,1H3. The van der Waals surface area contributed by atoms with Crippen molar-refractivity contribution in [1.29, 1.82) is 5.26 Å². The number of aryl methyl sites for hydroxylation is 1. The minimum absolute atomic E-state index is 0.216. The highest BCUT2D eigenvalue weighted by molar-refractivity contribution is 9.11. The van der Waals surface area contributed by atoms with Crippen LogP contribution >= 0.6 is 31.9 Å². The third kappa shape index (κ3) is 3.08. The van der Waals surface area contributed by atoms with Crippen LogP contribution in [-0.2, 0) is 10.0 Å². The Kier molecular flexibility index (Phi) is 4.90. The largest absolute Gasteiger partial charge is 0.244 e. The van der Waals surface area contributed by atoms with Gasteiger partial charge in [0.05, 0.1) is 16.9 Å². The number of halogens is 2. The molecule has 1 unspecified atom stereocenters. The van der Waals surface area contributed by atoms with Crippen LogP contribution in [-0.4, -0.2) is 25.8 Å². The van der Waals surface area contributed by atoms with Crippen molar-refractivity contribution in [3.8, 4) is 6.07 Å². The van der Waals surface area contributed by atoms with Crippen LogP contribution in [0.3, 0.4) is 0 Å². The molecule has 1 aromatic carbocycles. The average Bonchev–Trinajstić information content (AvgIpc) is 2.42. The molecule has 0 aliphatic carbocycles. The van der Waals surface area contributed by atoms with Crippen molar-refractivity contribution >= 4 is 41.9 Å². The Morgan fingerprint density at radius 1 is 1.35 bits per heavy atom. The first-order valence-corrected chi connectivity index (χ1v) is 9.24. The third-order valence-corrected chi connectivity index (χ3v) is 7.08. The van der Waals surface area contributed by atoms with Gasteiger partial charge in [-0.25, -0.2) is 8.42 Å². The fourth-order valence-electron chi connectivity index (χ4n) is 2.23. The van der Waals surface area contributed by atoms with E-state index in [1.54, 1.807) is 12.1 Å². The zero-order valence-electron chi connectivity index (χ0n) is 10.9. The Morgan fingerprint density at radius 2 is 2.05 bits per heavy atom. The van der Waals surface area contributed by atoms with Crippen LogP contribution in [0.15, 0.2) is 26.0 Å². The zero-order valence-corrected chi connectivity index (χ0v) is 14.9. The lowest BCUT2D eigenvalue weighted by atomic mass is 10.0. The summed E-state index contributed by atoms with van der Waals surface area (Å²) < 4.78 is 28.1. The first-order valence-electron chi connectivity index (χ1n) is 6.21. The van der Waals surface area contributed by atoms with E-state index in [1.807, 2.05) is 6.92 Å². The maximum atomic E-state index is 12.7. The van der Waals surface area contributed by atoms with Gasteiger partial charge in [0, 0.05) is 22.0 Å². The number of benzene rings is 1. The second-order valence-electron chi connectivity index (χ2n) is 4.86. The minimum Gasteiger partial charge on any atom is -0.207 e. The van der Waals surface area contributed by atoms with Crippen LogP contribution in [0, 0.1) is 24.2 Å². The molecule has 1 saturated heterocycles. The lowest BCUT2D eigenvalue weighted by molar-refractivity contribution is 0.305. The van der Waals surface area contributed by atoms with Gasteiger partial charge in [-0.15, -0.1) is 0 Å². The predicted octanol–water partition coefficient (Wildman–Crippen LogP) is 3.44. The molecule has 1 atom stereocenters. The zero-order chi connectivity index (χ0) is 14.9. The molecule has 0 N–H and O–H groups in total. The van der Waals surface area contributed by atoms with Gasteiger partial charge in [0.25, 0.3) is 0 Å². The quantitative estimate of drug-likeness (QED) is 0.734. The molecule has 1 heterocycles. The lowest BCUT2D eigenvalue weighted by Gasteiger charge is -2.29. The first-order chi connectivity index (χ1) is 9.36. The van der Waals surface area contributed by atoms with E-state index in [0.29, 0.717) is 11.0 Å². The van der Waals surface area contributed by atoms with Crippen LogP contribution in [0.25, 0.3) is 0 Å². The molecule has 108 valence electrons. The van der Waals surface area contributed by atoms with E-state index in [-0.39, 0.29) is 17.4 Å². The Hall–Kier alpha value is -0.420. The fourth-order valence-corrected chi connectivity index (χ4v) is 5.39. The van der Waals surface area contributed by atoms with E-state index in [9.17, 15) is 8.42 Å². The summed E-state index contributed by atoms with van der Waals surface area (Å²) in [5.41, 5.74) is 0.962. The molecule has 0 spiro atoms. The van der Waals surface area contributed by atoms with E-state index >= 15 is 0 Å². The molecule has 0 saturated carbocycles. The van der Waals surface area contributed by atoms with Gasteiger partial charge in [-0.3, -0.25) is 0 Å². The summed E-state index contributed by atoms with van der Waals surface area (Å²) in [7, 11) is -3.57. The second-order valence-corrected chi connectivity index (χ2v) is 8.48. The molecule has 2 rings (SSSR count). The monoisotopic (exact) mass is 420 g/mol. The van der Waals surface area contributed by atoms with Gasteiger partial charge in [-0.05, 0) is 53.4 Å². The maximum absolute atomic E-state index is 12.7. The first kappa shape index (κ1) is 16.0. The van der Waals surface area contributed by atoms with Crippen molar-refractivity contribution in [2.24, 2.45) is 5.92 Å². The van der Waals surface area contributed by atoms with Gasteiger partial charge in [0.2, 0.25) is 10.0 Å². The number of sulfonamides is 1. The third-order valence-electron chi connectivity index (χ3n) is 3.40. The molecule has 4 nitrogen and oxygen atoms in total. The van der Waals surface area contributed by atoms with Crippen molar-refractivity contribution in [1.82, 2.24) is 4.31 Å². The van der Waals surface area contributed by atoms with Crippen molar-refractivity contribution in [3.05, 3.63) is 26.6 Å². The van der Waals surface area contributed by atoms with Gasteiger partial charge in [0.1, 0.15) is 0 Å². The van der Waals surface area contributed by atoms with Crippen LogP contribution < -0.4 is 0 Å². The van der Waals surface area contributed by atoms with Gasteiger partial charge < -0.3 is 0 Å². The Balaban J connectivity index is 2.40. The summed E-state index contributed by atoms with van der Waals surface area (Å²) >= 11 is 6.69. The number of nitriles is 1. The highest BCUT2D eigenvalue weighted by Crippen LogP contribution is 2.32. The molecule has 0 radical (unpaired) electrons. The van der Waals surface area contributed by atoms with E-state index < -0.39 is 10.0 Å². The normalized spacial score (nSPS) is 20.6. The number of piperidine rings is 1. The van der Waals surface area contributed by atoms with Crippen molar-refractivity contribution in [3.63, 3.8) is 0 Å². The molecule has 1 aliphatic heterocycles. The summed E-state index contributed by atoms with van der Waals surface area (Å²) in [5, 5.41) is 8.99. The molecule has 0 bridgehead atoms. The van der Waals surface area contributed by atoms with Crippen LogP contribution in [0.1, 0.15) is 18.4 Å².